The van der Waals surface area contributed by atoms with E-state index in [-0.39, 0.29) is 30.4 Å². The van der Waals surface area contributed by atoms with E-state index in [1.54, 1.807) is 23.1 Å². The maximum Gasteiger partial charge on any atom is 0.277 e. The van der Waals surface area contributed by atoms with Crippen LogP contribution in [0.4, 0.5) is 0 Å². The molecule has 0 bridgehead atoms. The van der Waals surface area contributed by atoms with Crippen LogP contribution in [0.15, 0.2) is 53.5 Å². The summed E-state index contributed by atoms with van der Waals surface area (Å²) in [6.45, 7) is 9.48. The van der Waals surface area contributed by atoms with Gasteiger partial charge in [-0.1, -0.05) is 30.3 Å². The molecule has 10 heteroatoms. The summed E-state index contributed by atoms with van der Waals surface area (Å²) in [5, 5.41) is 0. The monoisotopic (exact) mass is 518 g/mol. The molecular formula is C25H32Cl2N6O2. The molecule has 1 fully saturated rings. The SMILES string of the molecule is COc1ccc2c(n1)n1c(C)ncc1c(=O)n2CCC[NH+]1CC[NH+](Cc2ccccc2)CC1.[Cl-].[Cl-]. The first-order valence-corrected chi connectivity index (χ1v) is 11.8. The molecule has 4 heterocycles. The average Bonchev–Trinajstić information content (AvgIpc) is 3.24. The summed E-state index contributed by atoms with van der Waals surface area (Å²) >= 11 is 0. The topological polar surface area (TPSA) is 70.3 Å². The highest BCUT2D eigenvalue weighted by atomic mass is 35.5. The Bertz CT molecular complexity index is 1320. The van der Waals surface area contributed by atoms with Gasteiger partial charge in [0.1, 0.15) is 44.1 Å². The van der Waals surface area contributed by atoms with Gasteiger partial charge in [0, 0.05) is 24.6 Å². The minimum absolute atomic E-state index is 0. The van der Waals surface area contributed by atoms with Gasteiger partial charge in [0.2, 0.25) is 5.88 Å². The number of fused-ring (bicyclic) bond motifs is 3. The van der Waals surface area contributed by atoms with Crippen LogP contribution in [0.5, 0.6) is 5.88 Å². The molecule has 0 atom stereocenters. The third kappa shape index (κ3) is 5.62. The number of benzene rings is 1. The minimum atomic E-state index is -0.0119. The maximum absolute atomic E-state index is 13.2. The number of aryl methyl sites for hydroxylation is 2. The van der Waals surface area contributed by atoms with E-state index in [1.165, 1.54) is 31.7 Å². The zero-order chi connectivity index (χ0) is 22.8. The van der Waals surface area contributed by atoms with Crippen LogP contribution in [-0.2, 0) is 13.1 Å². The number of nitrogens with zero attached hydrogens (tertiary/aromatic N) is 4. The Morgan fingerprint density at radius 2 is 1.69 bits per heavy atom. The van der Waals surface area contributed by atoms with Crippen LogP contribution < -0.4 is 44.9 Å². The van der Waals surface area contributed by atoms with Crippen molar-refractivity contribution >= 4 is 16.7 Å². The van der Waals surface area contributed by atoms with Crippen LogP contribution in [0, 0.1) is 6.92 Å². The fourth-order valence-electron chi connectivity index (χ4n) is 5.00. The molecule has 0 radical (unpaired) electrons. The van der Waals surface area contributed by atoms with Crippen molar-refractivity contribution in [2.75, 3.05) is 39.8 Å². The fourth-order valence-corrected chi connectivity index (χ4v) is 5.00. The van der Waals surface area contributed by atoms with Crippen LogP contribution in [0.25, 0.3) is 16.7 Å². The van der Waals surface area contributed by atoms with Crippen molar-refractivity contribution in [3.05, 3.63) is 70.4 Å². The third-order valence-electron chi connectivity index (χ3n) is 6.82. The van der Waals surface area contributed by atoms with Crippen molar-refractivity contribution in [3.63, 3.8) is 0 Å². The lowest BCUT2D eigenvalue weighted by molar-refractivity contribution is -1.02. The van der Waals surface area contributed by atoms with E-state index in [9.17, 15) is 4.79 Å². The lowest BCUT2D eigenvalue weighted by atomic mass is 10.2. The number of halogens is 2. The van der Waals surface area contributed by atoms with Gasteiger partial charge in [-0.05, 0) is 13.0 Å². The van der Waals surface area contributed by atoms with Crippen LogP contribution in [0.3, 0.4) is 0 Å². The van der Waals surface area contributed by atoms with Gasteiger partial charge >= 0.3 is 0 Å². The van der Waals surface area contributed by atoms with Crippen molar-refractivity contribution in [1.29, 1.82) is 0 Å². The number of hydrogen-bond acceptors (Lipinski definition) is 4. The molecule has 0 unspecified atom stereocenters. The molecule has 5 rings (SSSR count). The molecule has 8 nitrogen and oxygen atoms in total. The molecule has 1 saturated heterocycles. The Hall–Kier alpha value is -2.65. The molecule has 1 aliphatic heterocycles. The number of piperazine rings is 1. The molecule has 0 aliphatic carbocycles. The molecule has 2 N–H and O–H groups in total. The standard InChI is InChI=1S/C25H30N6O2.2ClH/c1-19-26-17-22-25(32)30(21-9-10-23(33-2)27-24(21)31(19)22)12-6-11-28-13-15-29(16-14-28)18-20-7-4-3-5-8-20;;/h3-5,7-10,17H,6,11-16,18H2,1-2H3;2*1H. The molecule has 0 amide bonds. The van der Waals surface area contributed by atoms with E-state index in [0.717, 1.165) is 30.9 Å². The van der Waals surface area contributed by atoms with E-state index < -0.39 is 0 Å². The number of ether oxygens (including phenoxy) is 1. The zero-order valence-electron chi connectivity index (χ0n) is 20.1. The van der Waals surface area contributed by atoms with E-state index in [1.807, 2.05) is 28.0 Å². The van der Waals surface area contributed by atoms with E-state index in [4.69, 9.17) is 4.74 Å². The normalized spacial score (nSPS) is 17.7. The summed E-state index contributed by atoms with van der Waals surface area (Å²) in [5.74, 6) is 1.28. The molecule has 0 saturated carbocycles. The second-order valence-electron chi connectivity index (χ2n) is 8.95. The smallest absolute Gasteiger partial charge is 0.277 e. The first-order chi connectivity index (χ1) is 16.1. The van der Waals surface area contributed by atoms with Gasteiger partial charge in [0.15, 0.2) is 5.65 Å². The summed E-state index contributed by atoms with van der Waals surface area (Å²) in [4.78, 5) is 25.5. The molecule has 188 valence electrons. The second-order valence-corrected chi connectivity index (χ2v) is 8.95. The summed E-state index contributed by atoms with van der Waals surface area (Å²) < 4.78 is 9.01. The predicted molar refractivity (Wildman–Crippen MR) is 127 cm³/mol. The van der Waals surface area contributed by atoms with Gasteiger partial charge in [-0.2, -0.15) is 4.98 Å². The van der Waals surface area contributed by atoms with Crippen molar-refractivity contribution in [2.24, 2.45) is 0 Å². The van der Waals surface area contributed by atoms with Crippen LogP contribution in [0.2, 0.25) is 0 Å². The largest absolute Gasteiger partial charge is 1.00 e. The molecule has 1 aromatic carbocycles. The highest BCUT2D eigenvalue weighted by Gasteiger charge is 2.23. The number of aromatic nitrogens is 4. The van der Waals surface area contributed by atoms with Crippen molar-refractivity contribution in [2.45, 2.75) is 26.4 Å². The minimum Gasteiger partial charge on any atom is -1.00 e. The van der Waals surface area contributed by atoms with Crippen molar-refractivity contribution in [3.8, 4) is 5.88 Å². The lowest BCUT2D eigenvalue weighted by Crippen LogP contribution is -3.27. The number of quaternary nitrogens is 2. The Morgan fingerprint density at radius 1 is 0.971 bits per heavy atom. The second kappa shape index (κ2) is 11.9. The van der Waals surface area contributed by atoms with Gasteiger partial charge in [-0.3, -0.25) is 9.20 Å². The third-order valence-corrected chi connectivity index (χ3v) is 6.82. The highest BCUT2D eigenvalue weighted by molar-refractivity contribution is 5.76. The van der Waals surface area contributed by atoms with Gasteiger partial charge in [-0.25, -0.2) is 4.98 Å². The average molecular weight is 519 g/mol. The number of rotatable bonds is 7. The Balaban J connectivity index is 0.00000171. The van der Waals surface area contributed by atoms with Crippen LogP contribution in [0.1, 0.15) is 17.8 Å². The Labute approximate surface area is 217 Å². The molecule has 35 heavy (non-hydrogen) atoms. The molecule has 3 aromatic heterocycles. The Morgan fingerprint density at radius 3 is 2.40 bits per heavy atom. The summed E-state index contributed by atoms with van der Waals surface area (Å²) in [7, 11) is 1.60. The summed E-state index contributed by atoms with van der Waals surface area (Å²) in [5.41, 5.74) is 3.50. The first kappa shape index (κ1) is 26.9. The number of methoxy groups -OCH3 is 1. The van der Waals surface area contributed by atoms with Gasteiger partial charge in [-0.15, -0.1) is 0 Å². The number of hydrogen-bond donors (Lipinski definition) is 2. The zero-order valence-corrected chi connectivity index (χ0v) is 21.6. The van der Waals surface area contributed by atoms with E-state index in [0.29, 0.717) is 23.6 Å². The van der Waals surface area contributed by atoms with E-state index >= 15 is 0 Å². The van der Waals surface area contributed by atoms with Crippen LogP contribution >= 0.6 is 0 Å². The molecular weight excluding hydrogens is 487 g/mol. The molecule has 4 aromatic rings. The lowest BCUT2D eigenvalue weighted by Gasteiger charge is -2.29. The quantitative estimate of drug-likeness (QED) is 0.255. The summed E-state index contributed by atoms with van der Waals surface area (Å²) in [6, 6.07) is 14.5. The number of nitrogens with one attached hydrogen (secondary N) is 2. The van der Waals surface area contributed by atoms with Crippen LogP contribution in [-0.4, -0.2) is 58.8 Å². The summed E-state index contributed by atoms with van der Waals surface area (Å²) in [6.07, 6.45) is 2.60. The van der Waals surface area contributed by atoms with Crippen molar-refractivity contribution in [1.82, 2.24) is 18.9 Å². The Kier molecular flexibility index (Phi) is 9.13. The van der Waals surface area contributed by atoms with E-state index in [2.05, 4.69) is 40.3 Å². The highest BCUT2D eigenvalue weighted by Crippen LogP contribution is 2.18. The fraction of sp³-hybridized carbons (Fsp3) is 0.400. The van der Waals surface area contributed by atoms with Crippen molar-refractivity contribution < 1.29 is 39.4 Å². The number of imidazole rings is 1. The number of pyridine rings is 1. The molecule has 0 spiro atoms. The molecule has 1 aliphatic rings. The van der Waals surface area contributed by atoms with Gasteiger partial charge in [0.05, 0.1) is 25.4 Å². The van der Waals surface area contributed by atoms with Gasteiger partial charge in [0.25, 0.3) is 5.56 Å². The predicted octanol–water partition coefficient (Wildman–Crippen LogP) is -6.26. The van der Waals surface area contributed by atoms with Gasteiger partial charge < -0.3 is 43.9 Å². The maximum atomic E-state index is 13.2. The first-order valence-electron chi connectivity index (χ1n) is 11.8.